The normalized spacial score (nSPS) is 10.8. The van der Waals surface area contributed by atoms with E-state index in [4.69, 9.17) is 4.74 Å². The van der Waals surface area contributed by atoms with Gasteiger partial charge in [0.25, 0.3) is 11.2 Å². The molecule has 146 valence electrons. The van der Waals surface area contributed by atoms with Crippen molar-refractivity contribution in [1.29, 1.82) is 0 Å². The highest BCUT2D eigenvalue weighted by molar-refractivity contribution is 7.18. The lowest BCUT2D eigenvalue weighted by molar-refractivity contribution is -0.384. The Labute approximate surface area is 163 Å². The number of aromatic nitrogens is 2. The van der Waals surface area contributed by atoms with Gasteiger partial charge >= 0.3 is 0 Å². The van der Waals surface area contributed by atoms with Crippen LogP contribution in [0.15, 0.2) is 29.3 Å². The standard InChI is InChI=1S/C18H18N4O5S/c1-4-27-12-5-6-13(14(7-12)22(25)26)20-15(23)8-21-9-19-17-16(18(21)24)10(2)11(3)28-17/h5-7,9H,4,8H2,1-3H3,(H,20,23). The van der Waals surface area contributed by atoms with Crippen LogP contribution in [0, 0.1) is 24.0 Å². The lowest BCUT2D eigenvalue weighted by Gasteiger charge is -2.09. The van der Waals surface area contributed by atoms with Gasteiger partial charge in [0.2, 0.25) is 5.91 Å². The summed E-state index contributed by atoms with van der Waals surface area (Å²) >= 11 is 1.42. The molecule has 1 N–H and O–H groups in total. The molecule has 3 aromatic rings. The van der Waals surface area contributed by atoms with Gasteiger partial charge in [0, 0.05) is 4.88 Å². The number of carbonyl (C=O) groups is 1. The first-order valence-corrected chi connectivity index (χ1v) is 9.29. The number of amides is 1. The van der Waals surface area contributed by atoms with Crippen LogP contribution in [0.25, 0.3) is 10.2 Å². The number of hydrogen-bond donors (Lipinski definition) is 1. The summed E-state index contributed by atoms with van der Waals surface area (Å²) < 4.78 is 6.44. The largest absolute Gasteiger partial charge is 0.494 e. The molecule has 0 saturated carbocycles. The molecule has 0 unspecified atom stereocenters. The van der Waals surface area contributed by atoms with E-state index in [0.717, 1.165) is 10.4 Å². The van der Waals surface area contributed by atoms with Crippen LogP contribution in [0.5, 0.6) is 5.75 Å². The molecular formula is C18H18N4O5S. The fourth-order valence-corrected chi connectivity index (χ4v) is 3.74. The van der Waals surface area contributed by atoms with Crippen LogP contribution in [-0.4, -0.2) is 27.0 Å². The zero-order chi connectivity index (χ0) is 20.4. The molecule has 1 amide bonds. The van der Waals surface area contributed by atoms with Gasteiger partial charge in [-0.15, -0.1) is 11.3 Å². The van der Waals surface area contributed by atoms with Crippen molar-refractivity contribution in [3.05, 3.63) is 55.4 Å². The van der Waals surface area contributed by atoms with E-state index in [1.54, 1.807) is 6.92 Å². The molecule has 2 aromatic heterocycles. The van der Waals surface area contributed by atoms with Crippen molar-refractivity contribution in [3.63, 3.8) is 0 Å². The second kappa shape index (κ2) is 7.77. The lowest BCUT2D eigenvalue weighted by atomic mass is 10.2. The molecule has 0 saturated heterocycles. The Kier molecular flexibility index (Phi) is 5.41. The number of thiophene rings is 1. The predicted octanol–water partition coefficient (Wildman–Crippen LogP) is 3.02. The number of ether oxygens (including phenoxy) is 1. The third-order valence-corrected chi connectivity index (χ3v) is 5.34. The van der Waals surface area contributed by atoms with Crippen molar-refractivity contribution in [3.8, 4) is 5.75 Å². The Morgan fingerprint density at radius 1 is 1.39 bits per heavy atom. The minimum Gasteiger partial charge on any atom is -0.494 e. The van der Waals surface area contributed by atoms with Crippen LogP contribution in [-0.2, 0) is 11.3 Å². The van der Waals surface area contributed by atoms with Gasteiger partial charge in [0.15, 0.2) is 0 Å². The van der Waals surface area contributed by atoms with E-state index in [2.05, 4.69) is 10.3 Å². The molecule has 0 atom stereocenters. The van der Waals surface area contributed by atoms with E-state index in [0.29, 0.717) is 22.6 Å². The van der Waals surface area contributed by atoms with Gasteiger partial charge in [0.1, 0.15) is 22.8 Å². The first-order valence-electron chi connectivity index (χ1n) is 8.48. The van der Waals surface area contributed by atoms with Crippen molar-refractivity contribution < 1.29 is 14.5 Å². The zero-order valence-corrected chi connectivity index (χ0v) is 16.3. The topological polar surface area (TPSA) is 116 Å². The Bertz CT molecular complexity index is 1130. The number of aryl methyl sites for hydroxylation is 2. The zero-order valence-electron chi connectivity index (χ0n) is 15.5. The number of hydrogen-bond acceptors (Lipinski definition) is 7. The van der Waals surface area contributed by atoms with Crippen molar-refractivity contribution in [2.45, 2.75) is 27.3 Å². The third-order valence-electron chi connectivity index (χ3n) is 4.22. The van der Waals surface area contributed by atoms with Crippen LogP contribution in [0.1, 0.15) is 17.4 Å². The van der Waals surface area contributed by atoms with Crippen LogP contribution in [0.3, 0.4) is 0 Å². The Morgan fingerprint density at radius 2 is 2.14 bits per heavy atom. The number of nitrogens with one attached hydrogen (secondary N) is 1. The maximum atomic E-state index is 12.7. The van der Waals surface area contributed by atoms with Crippen LogP contribution in [0.4, 0.5) is 11.4 Å². The molecule has 0 aliphatic rings. The SMILES string of the molecule is CCOc1ccc(NC(=O)Cn2cnc3sc(C)c(C)c3c2=O)c([N+](=O)[O-])c1. The molecule has 0 spiro atoms. The number of carbonyl (C=O) groups excluding carboxylic acids is 1. The number of fused-ring (bicyclic) bond motifs is 1. The fraction of sp³-hybridized carbons (Fsp3) is 0.278. The van der Waals surface area contributed by atoms with E-state index >= 15 is 0 Å². The molecule has 2 heterocycles. The Morgan fingerprint density at radius 3 is 2.82 bits per heavy atom. The first kappa shape index (κ1) is 19.5. The summed E-state index contributed by atoms with van der Waals surface area (Å²) in [4.78, 5) is 41.6. The van der Waals surface area contributed by atoms with Crippen LogP contribution < -0.4 is 15.6 Å². The van der Waals surface area contributed by atoms with E-state index < -0.39 is 10.8 Å². The highest BCUT2D eigenvalue weighted by Crippen LogP contribution is 2.29. The summed E-state index contributed by atoms with van der Waals surface area (Å²) in [5.41, 5.74) is 0.269. The lowest BCUT2D eigenvalue weighted by Crippen LogP contribution is -2.28. The summed E-state index contributed by atoms with van der Waals surface area (Å²) in [5, 5.41) is 14.3. The highest BCUT2D eigenvalue weighted by Gasteiger charge is 2.19. The number of nitro benzene ring substituents is 1. The maximum Gasteiger partial charge on any atom is 0.296 e. The molecule has 3 rings (SSSR count). The van der Waals surface area contributed by atoms with Gasteiger partial charge < -0.3 is 10.1 Å². The highest BCUT2D eigenvalue weighted by atomic mass is 32.1. The molecule has 0 radical (unpaired) electrons. The quantitative estimate of drug-likeness (QED) is 0.500. The van der Waals surface area contributed by atoms with E-state index in [1.807, 2.05) is 13.8 Å². The van der Waals surface area contributed by atoms with Gasteiger partial charge in [-0.1, -0.05) is 0 Å². The number of nitrogens with zero attached hydrogens (tertiary/aromatic N) is 3. The van der Waals surface area contributed by atoms with Crippen molar-refractivity contribution in [1.82, 2.24) is 9.55 Å². The molecule has 28 heavy (non-hydrogen) atoms. The minimum atomic E-state index is -0.602. The third kappa shape index (κ3) is 3.72. The van der Waals surface area contributed by atoms with Gasteiger partial charge in [-0.2, -0.15) is 0 Å². The summed E-state index contributed by atoms with van der Waals surface area (Å²) in [7, 11) is 0. The number of nitro groups is 1. The smallest absolute Gasteiger partial charge is 0.296 e. The van der Waals surface area contributed by atoms with Crippen molar-refractivity contribution >= 4 is 38.8 Å². The molecule has 0 fully saturated rings. The monoisotopic (exact) mass is 402 g/mol. The van der Waals surface area contributed by atoms with Gasteiger partial charge in [-0.05, 0) is 38.5 Å². The van der Waals surface area contributed by atoms with Gasteiger partial charge in [-0.3, -0.25) is 24.3 Å². The number of anilines is 1. The van der Waals surface area contributed by atoms with E-state index in [1.165, 1.54) is 40.4 Å². The van der Waals surface area contributed by atoms with Crippen LogP contribution in [0.2, 0.25) is 0 Å². The Balaban J connectivity index is 1.86. The van der Waals surface area contributed by atoms with Crippen molar-refractivity contribution in [2.24, 2.45) is 0 Å². The molecular weight excluding hydrogens is 384 g/mol. The van der Waals surface area contributed by atoms with Gasteiger partial charge in [0.05, 0.1) is 29.3 Å². The van der Waals surface area contributed by atoms with E-state index in [-0.39, 0.29) is 23.5 Å². The molecule has 9 nitrogen and oxygen atoms in total. The fourth-order valence-electron chi connectivity index (χ4n) is 2.75. The minimum absolute atomic E-state index is 0.0306. The molecule has 0 bridgehead atoms. The van der Waals surface area contributed by atoms with Gasteiger partial charge in [-0.25, -0.2) is 4.98 Å². The van der Waals surface area contributed by atoms with Crippen molar-refractivity contribution in [2.75, 3.05) is 11.9 Å². The van der Waals surface area contributed by atoms with E-state index in [9.17, 15) is 19.7 Å². The number of benzene rings is 1. The average Bonchev–Trinajstić information content (AvgIpc) is 2.93. The van der Waals surface area contributed by atoms with Crippen LogP contribution >= 0.6 is 11.3 Å². The molecule has 0 aliphatic carbocycles. The molecule has 0 aliphatic heterocycles. The molecule has 10 heteroatoms. The summed E-state index contributed by atoms with van der Waals surface area (Å²) in [6.07, 6.45) is 1.31. The average molecular weight is 402 g/mol. The predicted molar refractivity (Wildman–Crippen MR) is 106 cm³/mol. The Hall–Kier alpha value is -3.27. The summed E-state index contributed by atoms with van der Waals surface area (Å²) in [6.45, 7) is 5.57. The summed E-state index contributed by atoms with van der Waals surface area (Å²) in [6, 6.07) is 4.18. The molecule has 1 aromatic carbocycles. The first-order chi connectivity index (χ1) is 13.3. The maximum absolute atomic E-state index is 12.7. The summed E-state index contributed by atoms with van der Waals surface area (Å²) in [5.74, 6) is -0.235. The second-order valence-electron chi connectivity index (χ2n) is 6.06. The number of rotatable bonds is 6. The second-order valence-corrected chi connectivity index (χ2v) is 7.26.